The van der Waals surface area contributed by atoms with Crippen LogP contribution in [-0.4, -0.2) is 33.2 Å². The number of nitrogens with one attached hydrogen (secondary N) is 1. The zero-order chi connectivity index (χ0) is 9.10. The lowest BCUT2D eigenvalue weighted by Gasteiger charge is -1.99. The quantitative estimate of drug-likeness (QED) is 0.743. The number of nitrogens with zero attached hydrogens (tertiary/aromatic N) is 2. The molecule has 2 rings (SSSR count). The highest BCUT2D eigenvalue weighted by Gasteiger charge is 2.21. The molecule has 72 valence electrons. The minimum Gasteiger partial charge on any atom is -0.330 e. The van der Waals surface area contributed by atoms with Crippen LogP contribution in [0.15, 0.2) is 0 Å². The number of hydrogen-bond acceptors (Lipinski definition) is 4. The number of hydrogen-bond donors (Lipinski definition) is 2. The molecule has 1 aromatic rings. The summed E-state index contributed by atoms with van der Waals surface area (Å²) in [4.78, 5) is 4.42. The number of H-pyrrole nitrogens is 1. The Labute approximate surface area is 81.7 Å². The zero-order valence-corrected chi connectivity index (χ0v) is 8.31. The second-order valence-electron chi connectivity index (χ2n) is 3.24. The fourth-order valence-electron chi connectivity index (χ4n) is 1.48. The zero-order valence-electron chi connectivity index (χ0n) is 7.49. The third-order valence-corrected chi connectivity index (χ3v) is 3.39. The van der Waals surface area contributed by atoms with Crippen molar-refractivity contribution in [1.82, 2.24) is 15.2 Å². The summed E-state index contributed by atoms with van der Waals surface area (Å²) in [7, 11) is 0. The molecule has 0 saturated carbocycles. The van der Waals surface area contributed by atoms with Gasteiger partial charge in [0.2, 0.25) is 0 Å². The maximum absolute atomic E-state index is 5.43. The van der Waals surface area contributed by atoms with E-state index in [1.54, 1.807) is 0 Å². The molecule has 0 bridgehead atoms. The maximum Gasteiger partial charge on any atom is 0.154 e. The van der Waals surface area contributed by atoms with Crippen molar-refractivity contribution in [3.8, 4) is 0 Å². The van der Waals surface area contributed by atoms with Gasteiger partial charge in [0, 0.05) is 18.1 Å². The molecule has 1 aromatic heterocycles. The third kappa shape index (κ3) is 2.03. The average molecular weight is 198 g/mol. The Hall–Kier alpha value is -0.550. The lowest BCUT2D eigenvalue weighted by atomic mass is 10.1. The number of aromatic nitrogens is 3. The minimum atomic E-state index is 0.563. The summed E-state index contributed by atoms with van der Waals surface area (Å²) in [6, 6.07) is 0. The molecule has 1 aliphatic heterocycles. The van der Waals surface area contributed by atoms with Crippen molar-refractivity contribution in [2.75, 3.05) is 18.1 Å². The summed E-state index contributed by atoms with van der Waals surface area (Å²) in [5, 5.41) is 7.14. The van der Waals surface area contributed by atoms with E-state index in [1.807, 2.05) is 11.8 Å². The minimum absolute atomic E-state index is 0.563. The van der Waals surface area contributed by atoms with E-state index in [0.717, 1.165) is 18.1 Å². The van der Waals surface area contributed by atoms with Crippen LogP contribution in [0.2, 0.25) is 0 Å². The molecule has 2 heterocycles. The first-order valence-corrected chi connectivity index (χ1v) is 5.74. The van der Waals surface area contributed by atoms with Crippen LogP contribution in [0.3, 0.4) is 0 Å². The van der Waals surface area contributed by atoms with Gasteiger partial charge < -0.3 is 5.73 Å². The van der Waals surface area contributed by atoms with Crippen LogP contribution >= 0.6 is 11.8 Å². The SMILES string of the molecule is NCCc1nc(C2CCSC2)n[nH]1. The van der Waals surface area contributed by atoms with Gasteiger partial charge in [0.1, 0.15) is 5.82 Å². The van der Waals surface area contributed by atoms with E-state index in [9.17, 15) is 0 Å². The van der Waals surface area contributed by atoms with E-state index in [0.29, 0.717) is 12.5 Å². The van der Waals surface area contributed by atoms with E-state index < -0.39 is 0 Å². The summed E-state index contributed by atoms with van der Waals surface area (Å²) >= 11 is 1.98. The molecule has 3 N–H and O–H groups in total. The molecule has 13 heavy (non-hydrogen) atoms. The third-order valence-electron chi connectivity index (χ3n) is 2.22. The van der Waals surface area contributed by atoms with Crippen molar-refractivity contribution in [3.05, 3.63) is 11.6 Å². The van der Waals surface area contributed by atoms with Crippen molar-refractivity contribution in [1.29, 1.82) is 0 Å². The number of aromatic amines is 1. The van der Waals surface area contributed by atoms with Crippen molar-refractivity contribution in [2.45, 2.75) is 18.8 Å². The molecule has 1 unspecified atom stereocenters. The normalized spacial score (nSPS) is 22.4. The highest BCUT2D eigenvalue weighted by Crippen LogP contribution is 2.29. The highest BCUT2D eigenvalue weighted by atomic mass is 32.2. The molecule has 0 amide bonds. The Morgan fingerprint density at radius 1 is 1.62 bits per heavy atom. The molecular formula is C8H14N4S. The molecule has 0 aliphatic carbocycles. The monoisotopic (exact) mass is 198 g/mol. The van der Waals surface area contributed by atoms with Gasteiger partial charge >= 0.3 is 0 Å². The molecule has 0 radical (unpaired) electrons. The molecule has 1 saturated heterocycles. The van der Waals surface area contributed by atoms with Gasteiger partial charge in [0.15, 0.2) is 5.82 Å². The first-order valence-electron chi connectivity index (χ1n) is 4.59. The van der Waals surface area contributed by atoms with Gasteiger partial charge in [-0.05, 0) is 18.7 Å². The summed E-state index contributed by atoms with van der Waals surface area (Å²) < 4.78 is 0. The predicted molar refractivity (Wildman–Crippen MR) is 53.8 cm³/mol. The van der Waals surface area contributed by atoms with E-state index in [4.69, 9.17) is 5.73 Å². The van der Waals surface area contributed by atoms with E-state index in [2.05, 4.69) is 15.2 Å². The smallest absolute Gasteiger partial charge is 0.154 e. The number of rotatable bonds is 3. The molecule has 1 atom stereocenters. The largest absolute Gasteiger partial charge is 0.330 e. The van der Waals surface area contributed by atoms with Crippen LogP contribution in [0.4, 0.5) is 0 Å². The van der Waals surface area contributed by atoms with Crippen molar-refractivity contribution < 1.29 is 0 Å². The lowest BCUT2D eigenvalue weighted by Crippen LogP contribution is -2.04. The van der Waals surface area contributed by atoms with Gasteiger partial charge in [-0.2, -0.15) is 16.9 Å². The van der Waals surface area contributed by atoms with Crippen molar-refractivity contribution in [3.63, 3.8) is 0 Å². The molecule has 0 aromatic carbocycles. The molecule has 4 nitrogen and oxygen atoms in total. The van der Waals surface area contributed by atoms with Gasteiger partial charge in [-0.3, -0.25) is 5.10 Å². The van der Waals surface area contributed by atoms with Crippen LogP contribution in [-0.2, 0) is 6.42 Å². The van der Waals surface area contributed by atoms with Gasteiger partial charge in [-0.1, -0.05) is 0 Å². The molecule has 0 spiro atoms. The van der Waals surface area contributed by atoms with E-state index in [1.165, 1.54) is 17.9 Å². The molecule has 1 aliphatic rings. The first-order chi connectivity index (χ1) is 6.40. The molecule has 1 fully saturated rings. The standard InChI is InChI=1S/C8H14N4S/c9-3-1-7-10-8(12-11-7)6-2-4-13-5-6/h6H,1-5,9H2,(H,10,11,12). The highest BCUT2D eigenvalue weighted by molar-refractivity contribution is 7.99. The summed E-state index contributed by atoms with van der Waals surface area (Å²) in [5.74, 6) is 4.88. The Kier molecular flexibility index (Phi) is 2.85. The Bertz CT molecular complexity index is 267. The summed E-state index contributed by atoms with van der Waals surface area (Å²) in [6.45, 7) is 0.633. The molecule has 5 heteroatoms. The van der Waals surface area contributed by atoms with Gasteiger partial charge in [-0.15, -0.1) is 0 Å². The second-order valence-corrected chi connectivity index (χ2v) is 4.39. The van der Waals surface area contributed by atoms with Crippen LogP contribution in [0.5, 0.6) is 0 Å². The van der Waals surface area contributed by atoms with Gasteiger partial charge in [0.05, 0.1) is 0 Å². The maximum atomic E-state index is 5.43. The fraction of sp³-hybridized carbons (Fsp3) is 0.750. The lowest BCUT2D eigenvalue weighted by molar-refractivity contribution is 0.721. The van der Waals surface area contributed by atoms with Crippen LogP contribution < -0.4 is 5.73 Å². The van der Waals surface area contributed by atoms with Crippen molar-refractivity contribution >= 4 is 11.8 Å². The fourth-order valence-corrected chi connectivity index (χ4v) is 2.70. The van der Waals surface area contributed by atoms with Gasteiger partial charge in [-0.25, -0.2) is 4.98 Å². The Morgan fingerprint density at radius 2 is 2.54 bits per heavy atom. The Morgan fingerprint density at radius 3 is 3.23 bits per heavy atom. The summed E-state index contributed by atoms with van der Waals surface area (Å²) in [5.41, 5.74) is 5.43. The van der Waals surface area contributed by atoms with E-state index >= 15 is 0 Å². The first kappa shape index (κ1) is 9.02. The van der Waals surface area contributed by atoms with Gasteiger partial charge in [0.25, 0.3) is 0 Å². The van der Waals surface area contributed by atoms with Crippen LogP contribution in [0.25, 0.3) is 0 Å². The Balaban J connectivity index is 2.03. The van der Waals surface area contributed by atoms with E-state index in [-0.39, 0.29) is 0 Å². The summed E-state index contributed by atoms with van der Waals surface area (Å²) in [6.07, 6.45) is 2.01. The van der Waals surface area contributed by atoms with Crippen LogP contribution in [0.1, 0.15) is 24.0 Å². The second kappa shape index (κ2) is 4.11. The number of nitrogens with two attached hydrogens (primary N) is 1. The molecular weight excluding hydrogens is 184 g/mol. The number of thioether (sulfide) groups is 1. The van der Waals surface area contributed by atoms with Crippen molar-refractivity contribution in [2.24, 2.45) is 5.73 Å². The van der Waals surface area contributed by atoms with Crippen LogP contribution in [0, 0.1) is 0 Å². The predicted octanol–water partition coefficient (Wildman–Crippen LogP) is 0.526. The topological polar surface area (TPSA) is 67.6 Å². The average Bonchev–Trinajstić information content (AvgIpc) is 2.70.